The van der Waals surface area contributed by atoms with Gasteiger partial charge in [-0.05, 0) is 72.1 Å². The Morgan fingerprint density at radius 2 is 1.45 bits per heavy atom. The number of fused-ring (bicyclic) bond motifs is 1. The van der Waals surface area contributed by atoms with Crippen LogP contribution in [0.15, 0.2) is 115 Å². The van der Waals surface area contributed by atoms with Crippen LogP contribution in [0, 0.1) is 16.0 Å². The lowest BCUT2D eigenvalue weighted by atomic mass is 10.1. The van der Waals surface area contributed by atoms with E-state index in [1.807, 2.05) is 42.5 Å². The molecule has 11 heteroatoms. The zero-order valence-corrected chi connectivity index (χ0v) is 24.7. The lowest BCUT2D eigenvalue weighted by Gasteiger charge is -2.17. The highest BCUT2D eigenvalue weighted by molar-refractivity contribution is 6.01. The molecular formula is C36H26N2O9. The number of rotatable bonds is 10. The summed E-state index contributed by atoms with van der Waals surface area (Å²) in [6.45, 7) is -0.407. The molecule has 6 rings (SSSR count). The Morgan fingerprint density at radius 3 is 2.17 bits per heavy atom. The van der Waals surface area contributed by atoms with Gasteiger partial charge in [0.15, 0.2) is 12.4 Å². The summed E-state index contributed by atoms with van der Waals surface area (Å²) in [5.41, 5.74) is 0.800. The van der Waals surface area contributed by atoms with Crippen molar-refractivity contribution in [3.05, 3.63) is 137 Å². The van der Waals surface area contributed by atoms with Crippen LogP contribution in [-0.4, -0.2) is 41.7 Å². The van der Waals surface area contributed by atoms with Gasteiger partial charge in [0.2, 0.25) is 5.91 Å². The lowest BCUT2D eigenvalue weighted by molar-refractivity contribution is -0.384. The molecule has 1 heterocycles. The molecule has 1 aliphatic rings. The number of anilines is 1. The monoisotopic (exact) mass is 630 g/mol. The van der Waals surface area contributed by atoms with Crippen LogP contribution in [0.25, 0.3) is 10.8 Å². The fraction of sp³-hybridized carbons (Fsp3) is 0.111. The maximum Gasteiger partial charge on any atom is 0.343 e. The Bertz CT molecular complexity index is 1980. The van der Waals surface area contributed by atoms with Crippen LogP contribution in [0.5, 0.6) is 17.2 Å². The smallest absolute Gasteiger partial charge is 0.343 e. The molecule has 11 nitrogen and oxygen atoms in total. The number of nitro groups is 1. The standard InChI is InChI=1S/C36H26N2O9/c39-32(24-10-16-30(17-11-24)47-36(42)25-8-12-28(13-9-25)38(43)44)22-45-35(41)26-20-34(40)37(21-26)27-14-18-29(19-15-27)46-33-7-3-5-23-4-1-2-6-31(23)33/h1-19,26H,20-22H2/t26-/m0/s1. The molecule has 0 unspecified atom stereocenters. The van der Waals surface area contributed by atoms with E-state index in [0.29, 0.717) is 17.2 Å². The van der Waals surface area contributed by atoms with Gasteiger partial charge in [-0.2, -0.15) is 0 Å². The summed E-state index contributed by atoms with van der Waals surface area (Å²) in [5.74, 6) is -1.36. The first-order valence-electron chi connectivity index (χ1n) is 14.6. The van der Waals surface area contributed by atoms with Crippen LogP contribution in [0.3, 0.4) is 0 Å². The molecule has 0 radical (unpaired) electrons. The lowest BCUT2D eigenvalue weighted by Crippen LogP contribution is -2.27. The van der Waals surface area contributed by atoms with Crippen LogP contribution in [0.1, 0.15) is 27.1 Å². The minimum absolute atomic E-state index is 0.0455. The Labute approximate surface area is 268 Å². The quantitative estimate of drug-likeness (QED) is 0.0553. The predicted octanol–water partition coefficient (Wildman–Crippen LogP) is 6.54. The molecular weight excluding hydrogens is 604 g/mol. The number of carbonyl (C=O) groups is 4. The van der Waals surface area contributed by atoms with Crippen LogP contribution in [0.2, 0.25) is 0 Å². The number of ketones is 1. The fourth-order valence-electron chi connectivity index (χ4n) is 5.15. The summed E-state index contributed by atoms with van der Waals surface area (Å²) < 4.78 is 16.6. The number of hydrogen-bond acceptors (Lipinski definition) is 9. The number of ether oxygens (including phenoxy) is 3. The minimum atomic E-state index is -0.733. The van der Waals surface area contributed by atoms with Crippen molar-refractivity contribution in [1.29, 1.82) is 0 Å². The number of carbonyl (C=O) groups excluding carboxylic acids is 4. The molecule has 5 aromatic rings. The van der Waals surface area contributed by atoms with Crippen molar-refractivity contribution in [3.63, 3.8) is 0 Å². The van der Waals surface area contributed by atoms with Gasteiger partial charge < -0.3 is 19.1 Å². The number of non-ortho nitro benzene ring substituents is 1. The second-order valence-corrected chi connectivity index (χ2v) is 10.7. The molecule has 234 valence electrons. The number of amides is 1. The van der Waals surface area contributed by atoms with Crippen molar-refractivity contribution in [1.82, 2.24) is 0 Å². The molecule has 47 heavy (non-hydrogen) atoms. The first-order chi connectivity index (χ1) is 22.7. The van der Waals surface area contributed by atoms with Crippen LogP contribution < -0.4 is 14.4 Å². The average molecular weight is 631 g/mol. The van der Waals surface area contributed by atoms with Crippen molar-refractivity contribution in [3.8, 4) is 17.2 Å². The molecule has 5 aromatic carbocycles. The molecule has 0 N–H and O–H groups in total. The Morgan fingerprint density at radius 1 is 0.787 bits per heavy atom. The average Bonchev–Trinajstić information content (AvgIpc) is 3.49. The number of nitro benzene ring substituents is 1. The first-order valence-corrected chi connectivity index (χ1v) is 14.6. The third-order valence-electron chi connectivity index (χ3n) is 7.63. The normalized spacial score (nSPS) is 14.1. The van der Waals surface area contributed by atoms with Gasteiger partial charge in [0.05, 0.1) is 16.4 Å². The largest absolute Gasteiger partial charge is 0.457 e. The van der Waals surface area contributed by atoms with E-state index in [0.717, 1.165) is 10.8 Å². The van der Waals surface area contributed by atoms with Gasteiger partial charge in [-0.3, -0.25) is 24.5 Å². The molecule has 0 saturated carbocycles. The number of hydrogen-bond donors (Lipinski definition) is 0. The highest BCUT2D eigenvalue weighted by Gasteiger charge is 2.36. The van der Waals surface area contributed by atoms with Crippen LogP contribution in [-0.2, 0) is 14.3 Å². The topological polar surface area (TPSA) is 142 Å². The predicted molar refractivity (Wildman–Crippen MR) is 171 cm³/mol. The SMILES string of the molecule is O=C(COC(=O)[C@H]1CC(=O)N(c2ccc(Oc3cccc4ccccc34)cc2)C1)c1ccc(OC(=O)c2ccc([N+](=O)[O-])cc2)cc1. The molecule has 1 aliphatic heterocycles. The zero-order valence-electron chi connectivity index (χ0n) is 24.7. The maximum absolute atomic E-state index is 12.8. The maximum atomic E-state index is 12.8. The third kappa shape index (κ3) is 6.99. The second-order valence-electron chi connectivity index (χ2n) is 10.7. The molecule has 0 bridgehead atoms. The molecule has 0 aliphatic carbocycles. The van der Waals surface area contributed by atoms with Gasteiger partial charge in [0.1, 0.15) is 17.2 Å². The molecule has 1 amide bonds. The van der Waals surface area contributed by atoms with Crippen molar-refractivity contribution in [2.45, 2.75) is 6.42 Å². The summed E-state index contributed by atoms with van der Waals surface area (Å²) >= 11 is 0. The molecule has 1 saturated heterocycles. The Kier molecular flexibility index (Phi) is 8.69. The fourth-order valence-corrected chi connectivity index (χ4v) is 5.15. The third-order valence-corrected chi connectivity index (χ3v) is 7.63. The van der Waals surface area contributed by atoms with E-state index < -0.39 is 35.2 Å². The zero-order chi connectivity index (χ0) is 32.9. The van der Waals surface area contributed by atoms with Crippen molar-refractivity contribution >= 4 is 45.8 Å². The summed E-state index contributed by atoms with van der Waals surface area (Å²) in [6.07, 6.45) is -0.0455. The van der Waals surface area contributed by atoms with Gasteiger partial charge in [-0.15, -0.1) is 0 Å². The van der Waals surface area contributed by atoms with Crippen LogP contribution in [0.4, 0.5) is 11.4 Å². The minimum Gasteiger partial charge on any atom is -0.457 e. The van der Waals surface area contributed by atoms with E-state index in [2.05, 4.69) is 0 Å². The first kappa shape index (κ1) is 30.7. The van der Waals surface area contributed by atoms with Gasteiger partial charge in [0, 0.05) is 41.7 Å². The van der Waals surface area contributed by atoms with Gasteiger partial charge in [-0.25, -0.2) is 4.79 Å². The molecule has 0 spiro atoms. The summed E-state index contributed by atoms with van der Waals surface area (Å²) in [5, 5.41) is 12.8. The van der Waals surface area contributed by atoms with E-state index in [4.69, 9.17) is 14.2 Å². The van der Waals surface area contributed by atoms with Crippen molar-refractivity contribution in [2.24, 2.45) is 5.92 Å². The van der Waals surface area contributed by atoms with Gasteiger partial charge >= 0.3 is 11.9 Å². The number of esters is 2. The van der Waals surface area contributed by atoms with Crippen LogP contribution >= 0.6 is 0 Å². The summed E-state index contributed by atoms with van der Waals surface area (Å²) in [7, 11) is 0. The molecule has 1 fully saturated rings. The summed E-state index contributed by atoms with van der Waals surface area (Å²) in [6, 6.07) is 31.3. The number of nitrogens with zero attached hydrogens (tertiary/aromatic N) is 2. The highest BCUT2D eigenvalue weighted by atomic mass is 16.6. The van der Waals surface area contributed by atoms with E-state index in [1.54, 1.807) is 24.3 Å². The number of Topliss-reactive ketones (excluding diaryl/α,β-unsaturated/α-hetero) is 1. The van der Waals surface area contributed by atoms with Gasteiger partial charge in [0.25, 0.3) is 5.69 Å². The van der Waals surface area contributed by atoms with E-state index in [9.17, 15) is 29.3 Å². The summed E-state index contributed by atoms with van der Waals surface area (Å²) in [4.78, 5) is 62.2. The van der Waals surface area contributed by atoms with E-state index in [-0.39, 0.29) is 41.4 Å². The molecule has 1 atom stereocenters. The Hall–Kier alpha value is -6.36. The second kappa shape index (κ2) is 13.3. The van der Waals surface area contributed by atoms with E-state index >= 15 is 0 Å². The highest BCUT2D eigenvalue weighted by Crippen LogP contribution is 2.32. The van der Waals surface area contributed by atoms with Crippen molar-refractivity contribution < 1.29 is 38.3 Å². The van der Waals surface area contributed by atoms with Crippen molar-refractivity contribution in [2.75, 3.05) is 18.1 Å². The Balaban J connectivity index is 0.994. The van der Waals surface area contributed by atoms with Gasteiger partial charge in [-0.1, -0.05) is 36.4 Å². The molecule has 0 aromatic heterocycles. The van der Waals surface area contributed by atoms with E-state index in [1.165, 1.54) is 53.4 Å². The number of benzene rings is 5.